The Bertz CT molecular complexity index is 1800. The van der Waals surface area contributed by atoms with Crippen LogP contribution >= 0.6 is 23.2 Å². The summed E-state index contributed by atoms with van der Waals surface area (Å²) < 4.78 is 0. The van der Waals surface area contributed by atoms with Crippen molar-refractivity contribution in [2.45, 2.75) is 51.0 Å². The summed E-state index contributed by atoms with van der Waals surface area (Å²) in [6.45, 7) is 2.76. The quantitative estimate of drug-likeness (QED) is 0.186. The summed E-state index contributed by atoms with van der Waals surface area (Å²) in [5, 5.41) is 5.48. The third kappa shape index (κ3) is 8.85. The largest absolute Gasteiger partial charge is 0.361 e. The number of H-pyrrole nitrogens is 1. The lowest BCUT2D eigenvalue weighted by atomic mass is 9.90. The number of anilines is 1. The molecule has 1 fully saturated rings. The van der Waals surface area contributed by atoms with Gasteiger partial charge in [0.2, 0.25) is 17.7 Å². The maximum atomic E-state index is 14.5. The Morgan fingerprint density at radius 2 is 1.73 bits per heavy atom. The fourth-order valence-corrected chi connectivity index (χ4v) is 7.88. The molecule has 4 aromatic rings. The summed E-state index contributed by atoms with van der Waals surface area (Å²) in [5.41, 5.74) is 4.81. The molecule has 0 unspecified atom stereocenters. The number of rotatable bonds is 11. The van der Waals surface area contributed by atoms with Crippen molar-refractivity contribution in [2.75, 3.05) is 45.2 Å². The molecule has 6 rings (SSSR count). The molecule has 10 heteroatoms. The van der Waals surface area contributed by atoms with Gasteiger partial charge in [-0.25, -0.2) is 0 Å². The van der Waals surface area contributed by atoms with E-state index in [1.54, 1.807) is 0 Å². The van der Waals surface area contributed by atoms with E-state index >= 15 is 0 Å². The molecule has 0 saturated carbocycles. The average Bonchev–Trinajstić information content (AvgIpc) is 3.48. The van der Waals surface area contributed by atoms with E-state index in [-0.39, 0.29) is 23.6 Å². The first-order chi connectivity index (χ1) is 23.6. The topological polar surface area (TPSA) is 88.8 Å². The number of nitrogens with one attached hydrogen (secondary N) is 2. The number of hydrogen-bond acceptors (Lipinski definition) is 4. The number of benzene rings is 3. The van der Waals surface area contributed by atoms with Crippen molar-refractivity contribution < 1.29 is 14.4 Å². The predicted octanol–water partition coefficient (Wildman–Crippen LogP) is 6.53. The highest BCUT2D eigenvalue weighted by molar-refractivity contribution is 6.31. The van der Waals surface area contributed by atoms with Gasteiger partial charge in [-0.2, -0.15) is 0 Å². The number of piperidine rings is 1. The van der Waals surface area contributed by atoms with Crippen LogP contribution in [0.1, 0.15) is 42.4 Å². The van der Waals surface area contributed by atoms with Crippen LogP contribution in [0.4, 0.5) is 5.69 Å². The number of hydrogen-bond donors (Lipinski definition) is 2. The van der Waals surface area contributed by atoms with Crippen LogP contribution in [0, 0.1) is 11.8 Å². The molecule has 3 amide bonds. The molecule has 0 bridgehead atoms. The minimum Gasteiger partial charge on any atom is -0.361 e. The molecule has 8 nitrogen and oxygen atoms in total. The molecule has 1 aromatic heterocycles. The van der Waals surface area contributed by atoms with Crippen LogP contribution in [0.25, 0.3) is 10.9 Å². The second kappa shape index (κ2) is 15.8. The Balaban J connectivity index is 1.12. The smallest absolute Gasteiger partial charge is 0.249 e. The normalized spacial score (nSPS) is 17.3. The van der Waals surface area contributed by atoms with Crippen LogP contribution < -0.4 is 10.2 Å². The van der Waals surface area contributed by atoms with E-state index in [1.807, 2.05) is 96.8 Å². The Morgan fingerprint density at radius 1 is 0.959 bits per heavy atom. The van der Waals surface area contributed by atoms with Gasteiger partial charge in [-0.05, 0) is 105 Å². The van der Waals surface area contributed by atoms with Gasteiger partial charge in [-0.3, -0.25) is 14.4 Å². The van der Waals surface area contributed by atoms with E-state index in [2.05, 4.69) is 15.2 Å². The summed E-state index contributed by atoms with van der Waals surface area (Å²) in [7, 11) is 4.09. The molecule has 3 aromatic carbocycles. The summed E-state index contributed by atoms with van der Waals surface area (Å²) >= 11 is 12.5. The molecular formula is C39H45Cl2N5O3. The third-order valence-electron chi connectivity index (χ3n) is 9.89. The van der Waals surface area contributed by atoms with Crippen molar-refractivity contribution in [2.24, 2.45) is 11.8 Å². The van der Waals surface area contributed by atoms with Gasteiger partial charge in [0.05, 0.1) is 6.42 Å². The predicted molar refractivity (Wildman–Crippen MR) is 197 cm³/mol. The van der Waals surface area contributed by atoms with Crippen molar-refractivity contribution in [1.82, 2.24) is 20.1 Å². The Hall–Kier alpha value is -3.85. The first kappa shape index (κ1) is 35.0. The molecule has 2 N–H and O–H groups in total. The maximum Gasteiger partial charge on any atom is 0.249 e. The minimum atomic E-state index is -0.737. The Morgan fingerprint density at radius 3 is 2.51 bits per heavy atom. The van der Waals surface area contributed by atoms with E-state index in [4.69, 9.17) is 23.2 Å². The Labute approximate surface area is 298 Å². The van der Waals surface area contributed by atoms with E-state index in [0.29, 0.717) is 61.3 Å². The molecule has 3 heterocycles. The second-order valence-corrected chi connectivity index (χ2v) is 14.8. The van der Waals surface area contributed by atoms with Gasteiger partial charge in [0, 0.05) is 71.9 Å². The van der Waals surface area contributed by atoms with E-state index < -0.39 is 6.04 Å². The summed E-state index contributed by atoms with van der Waals surface area (Å²) in [6, 6.07) is 20.4. The van der Waals surface area contributed by atoms with E-state index in [0.717, 1.165) is 59.1 Å². The van der Waals surface area contributed by atoms with Crippen LogP contribution in [0.5, 0.6) is 0 Å². The summed E-state index contributed by atoms with van der Waals surface area (Å²) in [6.07, 6.45) is 6.24. The number of amides is 3. The lowest BCUT2D eigenvalue weighted by Crippen LogP contribution is -2.53. The molecule has 2 aliphatic rings. The molecule has 0 aliphatic carbocycles. The fraction of sp³-hybridized carbons (Fsp3) is 0.410. The highest BCUT2D eigenvalue weighted by atomic mass is 35.5. The van der Waals surface area contributed by atoms with E-state index in [1.165, 1.54) is 0 Å². The van der Waals surface area contributed by atoms with Gasteiger partial charge in [0.15, 0.2) is 0 Å². The number of aromatic nitrogens is 1. The van der Waals surface area contributed by atoms with Crippen LogP contribution in [0.15, 0.2) is 72.9 Å². The lowest BCUT2D eigenvalue weighted by Gasteiger charge is -2.37. The summed E-state index contributed by atoms with van der Waals surface area (Å²) in [4.78, 5) is 50.3. The third-order valence-corrected chi connectivity index (χ3v) is 10.4. The molecule has 0 spiro atoms. The zero-order chi connectivity index (χ0) is 34.5. The number of halogens is 2. The molecule has 2 atom stereocenters. The zero-order valence-electron chi connectivity index (χ0n) is 28.3. The minimum absolute atomic E-state index is 0.103. The van der Waals surface area contributed by atoms with E-state index in [9.17, 15) is 14.4 Å². The number of aromatic amines is 1. The number of fused-ring (bicyclic) bond motifs is 2. The lowest BCUT2D eigenvalue weighted by molar-refractivity contribution is -0.132. The molecular weight excluding hydrogens is 657 g/mol. The number of carbonyl (C=O) groups is 3. The monoisotopic (exact) mass is 701 g/mol. The number of likely N-dealkylation sites (tertiary alicyclic amines) is 1. The van der Waals surface area contributed by atoms with Crippen molar-refractivity contribution in [3.05, 3.63) is 99.7 Å². The number of para-hydroxylation sites is 1. The van der Waals surface area contributed by atoms with Gasteiger partial charge < -0.3 is 25.0 Å². The summed E-state index contributed by atoms with van der Waals surface area (Å²) in [5.74, 6) is 0.436. The molecule has 2 aliphatic heterocycles. The van der Waals surface area contributed by atoms with Crippen LogP contribution in [-0.2, 0) is 33.6 Å². The molecule has 0 radical (unpaired) electrons. The van der Waals surface area contributed by atoms with Crippen LogP contribution in [0.3, 0.4) is 0 Å². The standard InChI is InChI=1S/C39H45Cl2N5O3/c1-44(2)24-28-18-29-21-32(41)11-12-36(29)46(25-28)39(49)35(22-30-23-42-34-9-4-3-8-33(30)34)43-37(47)13-10-26-14-16-45(17-15-26)38(48)20-27-6-5-7-31(40)19-27/h3-9,11-12,19,21,23,26,28,35,42H,10,13-18,20,22,24-25H2,1-2H3,(H,43,47)/t28-,35-/m1/s1. The van der Waals surface area contributed by atoms with Gasteiger partial charge in [0.25, 0.3) is 0 Å². The fourth-order valence-electron chi connectivity index (χ4n) is 7.48. The van der Waals surface area contributed by atoms with Gasteiger partial charge >= 0.3 is 0 Å². The van der Waals surface area contributed by atoms with Gasteiger partial charge in [0.1, 0.15) is 6.04 Å². The highest BCUT2D eigenvalue weighted by Crippen LogP contribution is 2.33. The Kier molecular flexibility index (Phi) is 11.3. The van der Waals surface area contributed by atoms with Crippen LogP contribution in [-0.4, -0.2) is 78.8 Å². The first-order valence-corrected chi connectivity index (χ1v) is 18.0. The first-order valence-electron chi connectivity index (χ1n) is 17.2. The van der Waals surface area contributed by atoms with Crippen molar-refractivity contribution in [3.8, 4) is 0 Å². The van der Waals surface area contributed by atoms with Crippen molar-refractivity contribution in [3.63, 3.8) is 0 Å². The average molecular weight is 703 g/mol. The second-order valence-electron chi connectivity index (χ2n) is 13.9. The molecule has 1 saturated heterocycles. The molecule has 258 valence electrons. The molecule has 49 heavy (non-hydrogen) atoms. The SMILES string of the molecule is CN(C)C[C@H]1Cc2cc(Cl)ccc2N(C(=O)[C@@H](Cc2c[nH]c3ccccc23)NC(=O)CCC2CCN(C(=O)Cc3cccc(Cl)c3)CC2)C1. The maximum absolute atomic E-state index is 14.5. The number of carbonyl (C=O) groups excluding carboxylic acids is 3. The van der Waals surface area contributed by atoms with Gasteiger partial charge in [-0.1, -0.05) is 53.5 Å². The van der Waals surface area contributed by atoms with Gasteiger partial charge in [-0.15, -0.1) is 0 Å². The van der Waals surface area contributed by atoms with Crippen LogP contribution in [0.2, 0.25) is 10.0 Å². The number of nitrogens with zero attached hydrogens (tertiary/aromatic N) is 3. The van der Waals surface area contributed by atoms with Crippen molar-refractivity contribution in [1.29, 1.82) is 0 Å². The van der Waals surface area contributed by atoms with Crippen molar-refractivity contribution >= 4 is 57.5 Å². The highest BCUT2D eigenvalue weighted by Gasteiger charge is 2.34. The zero-order valence-corrected chi connectivity index (χ0v) is 29.8.